The molecule has 0 radical (unpaired) electrons. The molecule has 3 rings (SSSR count). The maximum absolute atomic E-state index is 10.6. The Morgan fingerprint density at radius 1 is 1.24 bits per heavy atom. The van der Waals surface area contributed by atoms with Gasteiger partial charge in [-0.05, 0) is 17.7 Å². The fourth-order valence-corrected chi connectivity index (χ4v) is 2.90. The number of anilines is 1. The number of rotatable bonds is 4. The summed E-state index contributed by atoms with van der Waals surface area (Å²) in [6.07, 6.45) is 0. The second kappa shape index (κ2) is 5.67. The minimum absolute atomic E-state index is 0.0818. The van der Waals surface area contributed by atoms with Crippen LogP contribution in [0.3, 0.4) is 0 Å². The number of nitrogens with zero attached hydrogens (tertiary/aromatic N) is 2. The van der Waals surface area contributed by atoms with Gasteiger partial charge in [0.15, 0.2) is 0 Å². The Kier molecular flexibility index (Phi) is 3.72. The van der Waals surface area contributed by atoms with Gasteiger partial charge in [0.25, 0.3) is 5.69 Å². The second-order valence-corrected chi connectivity index (χ2v) is 5.69. The highest BCUT2D eigenvalue weighted by Crippen LogP contribution is 2.32. The van der Waals surface area contributed by atoms with Crippen molar-refractivity contribution in [2.45, 2.75) is 6.54 Å². The first-order valence-corrected chi connectivity index (χ1v) is 7.40. The molecule has 0 saturated heterocycles. The highest BCUT2D eigenvalue weighted by molar-refractivity contribution is 7.16. The number of fused-ring (bicyclic) bond motifs is 1. The van der Waals surface area contributed by atoms with Gasteiger partial charge in [-0.1, -0.05) is 23.7 Å². The lowest BCUT2D eigenvalue weighted by molar-refractivity contribution is -0.384. The Morgan fingerprint density at radius 3 is 2.71 bits per heavy atom. The molecule has 0 atom stereocenters. The third-order valence-corrected chi connectivity index (χ3v) is 4.18. The molecule has 2 aromatic carbocycles. The summed E-state index contributed by atoms with van der Waals surface area (Å²) in [6.45, 7) is 0.522. The Morgan fingerprint density at radius 2 is 2.00 bits per heavy atom. The van der Waals surface area contributed by atoms with Crippen LogP contribution in [-0.4, -0.2) is 9.91 Å². The van der Waals surface area contributed by atoms with Crippen LogP contribution in [-0.2, 0) is 6.54 Å². The van der Waals surface area contributed by atoms with Crippen molar-refractivity contribution < 1.29 is 4.92 Å². The van der Waals surface area contributed by atoms with E-state index in [1.165, 1.54) is 12.1 Å². The van der Waals surface area contributed by atoms with E-state index in [2.05, 4.69) is 10.3 Å². The monoisotopic (exact) mass is 319 g/mol. The van der Waals surface area contributed by atoms with Crippen molar-refractivity contribution in [3.05, 3.63) is 62.6 Å². The van der Waals surface area contributed by atoms with Gasteiger partial charge in [0.05, 0.1) is 25.8 Å². The molecule has 0 aliphatic heterocycles. The van der Waals surface area contributed by atoms with Gasteiger partial charge in [-0.15, -0.1) is 11.3 Å². The predicted molar refractivity (Wildman–Crippen MR) is 85.1 cm³/mol. The number of nitro benzene ring substituents is 1. The quantitative estimate of drug-likeness (QED) is 0.569. The molecule has 7 heteroatoms. The maximum Gasteiger partial charge on any atom is 0.269 e. The Balaban J connectivity index is 1.81. The number of nitrogens with one attached hydrogen (secondary N) is 1. The van der Waals surface area contributed by atoms with Gasteiger partial charge in [-0.2, -0.15) is 0 Å². The molecule has 0 amide bonds. The zero-order valence-corrected chi connectivity index (χ0v) is 12.3. The Labute approximate surface area is 129 Å². The third kappa shape index (κ3) is 2.81. The van der Waals surface area contributed by atoms with Gasteiger partial charge in [-0.3, -0.25) is 10.1 Å². The molecule has 21 heavy (non-hydrogen) atoms. The van der Waals surface area contributed by atoms with Crippen LogP contribution in [0.1, 0.15) is 5.56 Å². The SMILES string of the molecule is O=[N+]([O-])c1ccc(CNc2c(Cl)ccc3scnc23)cc1. The minimum atomic E-state index is -0.413. The lowest BCUT2D eigenvalue weighted by atomic mass is 10.2. The van der Waals surface area contributed by atoms with E-state index in [0.29, 0.717) is 11.6 Å². The summed E-state index contributed by atoms with van der Waals surface area (Å²) in [6, 6.07) is 10.2. The highest BCUT2D eigenvalue weighted by Gasteiger charge is 2.09. The smallest absolute Gasteiger partial charge is 0.269 e. The second-order valence-electron chi connectivity index (χ2n) is 4.40. The van der Waals surface area contributed by atoms with E-state index in [0.717, 1.165) is 21.5 Å². The summed E-state index contributed by atoms with van der Waals surface area (Å²) < 4.78 is 1.06. The Bertz CT molecular complexity index is 802. The number of halogens is 1. The number of hydrogen-bond acceptors (Lipinski definition) is 5. The van der Waals surface area contributed by atoms with E-state index in [1.807, 2.05) is 12.1 Å². The average molecular weight is 320 g/mol. The van der Waals surface area contributed by atoms with Crippen LogP contribution < -0.4 is 5.32 Å². The molecule has 0 bridgehead atoms. The van der Waals surface area contributed by atoms with Gasteiger partial charge in [0.2, 0.25) is 0 Å². The third-order valence-electron chi connectivity index (χ3n) is 3.07. The summed E-state index contributed by atoms with van der Waals surface area (Å²) in [5.41, 5.74) is 4.42. The number of aromatic nitrogens is 1. The number of thiazole rings is 1. The molecule has 1 heterocycles. The molecule has 1 aromatic heterocycles. The van der Waals surface area contributed by atoms with E-state index >= 15 is 0 Å². The van der Waals surface area contributed by atoms with Gasteiger partial charge < -0.3 is 5.32 Å². The molecular formula is C14H10ClN3O2S. The van der Waals surface area contributed by atoms with Gasteiger partial charge >= 0.3 is 0 Å². The zero-order valence-electron chi connectivity index (χ0n) is 10.7. The van der Waals surface area contributed by atoms with E-state index in [9.17, 15) is 10.1 Å². The molecule has 106 valence electrons. The first-order valence-electron chi connectivity index (χ1n) is 6.14. The summed E-state index contributed by atoms with van der Waals surface area (Å²) in [5, 5.41) is 14.5. The van der Waals surface area contributed by atoms with E-state index < -0.39 is 4.92 Å². The summed E-state index contributed by atoms with van der Waals surface area (Å²) in [4.78, 5) is 14.5. The van der Waals surface area contributed by atoms with Crippen molar-refractivity contribution in [1.82, 2.24) is 4.98 Å². The summed E-state index contributed by atoms with van der Waals surface area (Å²) in [5.74, 6) is 0. The fraction of sp³-hybridized carbons (Fsp3) is 0.0714. The maximum atomic E-state index is 10.6. The van der Waals surface area contributed by atoms with Crippen LogP contribution >= 0.6 is 22.9 Å². The van der Waals surface area contributed by atoms with Crippen LogP contribution in [0, 0.1) is 10.1 Å². The van der Waals surface area contributed by atoms with Crippen molar-refractivity contribution in [2.24, 2.45) is 0 Å². The highest BCUT2D eigenvalue weighted by atomic mass is 35.5. The standard InChI is InChI=1S/C14H10ClN3O2S/c15-11-5-6-12-14(17-8-21-12)13(11)16-7-9-1-3-10(4-2-9)18(19)20/h1-6,8,16H,7H2. The summed E-state index contributed by atoms with van der Waals surface area (Å²) >= 11 is 7.76. The molecular weight excluding hydrogens is 310 g/mol. The van der Waals surface area contributed by atoms with Crippen molar-refractivity contribution in [1.29, 1.82) is 0 Å². The molecule has 0 spiro atoms. The first-order chi connectivity index (χ1) is 10.1. The molecule has 0 aliphatic rings. The lowest BCUT2D eigenvalue weighted by Crippen LogP contribution is -2.01. The van der Waals surface area contributed by atoms with Crippen LogP contribution in [0.4, 0.5) is 11.4 Å². The van der Waals surface area contributed by atoms with Crippen LogP contribution in [0.25, 0.3) is 10.2 Å². The average Bonchev–Trinajstić information content (AvgIpc) is 2.95. The molecule has 0 saturated carbocycles. The minimum Gasteiger partial charge on any atom is -0.378 e. The van der Waals surface area contributed by atoms with Crippen molar-refractivity contribution in [3.63, 3.8) is 0 Å². The number of benzene rings is 2. The van der Waals surface area contributed by atoms with E-state index in [1.54, 1.807) is 29.0 Å². The first kappa shape index (κ1) is 13.8. The molecule has 0 unspecified atom stereocenters. The zero-order chi connectivity index (χ0) is 14.8. The topological polar surface area (TPSA) is 68.1 Å². The van der Waals surface area contributed by atoms with Crippen LogP contribution in [0.15, 0.2) is 41.9 Å². The number of non-ortho nitro benzene ring substituents is 1. The normalized spacial score (nSPS) is 10.7. The molecule has 0 fully saturated rings. The van der Waals surface area contributed by atoms with Crippen LogP contribution in [0.2, 0.25) is 5.02 Å². The largest absolute Gasteiger partial charge is 0.378 e. The summed E-state index contributed by atoms with van der Waals surface area (Å²) in [7, 11) is 0. The van der Waals surface area contributed by atoms with Gasteiger partial charge in [0, 0.05) is 18.7 Å². The Hall–Kier alpha value is -2.18. The fourth-order valence-electron chi connectivity index (χ4n) is 2.00. The van der Waals surface area contributed by atoms with E-state index in [-0.39, 0.29) is 5.69 Å². The molecule has 5 nitrogen and oxygen atoms in total. The van der Waals surface area contributed by atoms with Gasteiger partial charge in [0.1, 0.15) is 5.52 Å². The van der Waals surface area contributed by atoms with Crippen molar-refractivity contribution >= 4 is 44.5 Å². The molecule has 0 aliphatic carbocycles. The molecule has 3 aromatic rings. The lowest BCUT2D eigenvalue weighted by Gasteiger charge is -2.09. The predicted octanol–water partition coefficient (Wildman–Crippen LogP) is 4.47. The number of hydrogen-bond donors (Lipinski definition) is 1. The number of nitro groups is 1. The van der Waals surface area contributed by atoms with Crippen molar-refractivity contribution in [3.8, 4) is 0 Å². The van der Waals surface area contributed by atoms with Gasteiger partial charge in [-0.25, -0.2) is 4.98 Å². The van der Waals surface area contributed by atoms with E-state index in [4.69, 9.17) is 11.6 Å². The molecule has 1 N–H and O–H groups in total. The van der Waals surface area contributed by atoms with Crippen LogP contribution in [0.5, 0.6) is 0 Å². The van der Waals surface area contributed by atoms with Crippen molar-refractivity contribution in [2.75, 3.05) is 5.32 Å².